The minimum absolute atomic E-state index is 0.0159. The molecule has 0 radical (unpaired) electrons. The lowest BCUT2D eigenvalue weighted by atomic mass is 9.99. The number of carbonyl (C=O) groups excluding carboxylic acids is 1. The van der Waals surface area contributed by atoms with Crippen molar-refractivity contribution in [3.8, 4) is 0 Å². The highest BCUT2D eigenvalue weighted by Gasteiger charge is 2.26. The highest BCUT2D eigenvalue weighted by atomic mass is 16.3. The van der Waals surface area contributed by atoms with Crippen LogP contribution in [0.3, 0.4) is 0 Å². The maximum absolute atomic E-state index is 11.9. The van der Waals surface area contributed by atoms with E-state index >= 15 is 0 Å². The first-order valence-corrected chi connectivity index (χ1v) is 6.34. The molecule has 1 heterocycles. The summed E-state index contributed by atoms with van der Waals surface area (Å²) in [5, 5.41) is 15.7. The SMILES string of the molecule is CC(O)C(C)(C)NC(=O)CN1CCCNCC1. The number of hydrogen-bond donors (Lipinski definition) is 3. The predicted molar refractivity (Wildman–Crippen MR) is 67.8 cm³/mol. The topological polar surface area (TPSA) is 64.6 Å². The molecule has 0 bridgehead atoms. The summed E-state index contributed by atoms with van der Waals surface area (Å²) in [6, 6.07) is 0. The number of hydrogen-bond acceptors (Lipinski definition) is 4. The van der Waals surface area contributed by atoms with Gasteiger partial charge in [0.15, 0.2) is 0 Å². The molecule has 5 heteroatoms. The van der Waals surface area contributed by atoms with Gasteiger partial charge in [0, 0.05) is 13.1 Å². The van der Waals surface area contributed by atoms with Crippen molar-refractivity contribution >= 4 is 5.91 Å². The number of nitrogens with zero attached hydrogens (tertiary/aromatic N) is 1. The van der Waals surface area contributed by atoms with E-state index in [0.29, 0.717) is 6.54 Å². The predicted octanol–water partition coefficient (Wildman–Crippen LogP) is -0.443. The number of aliphatic hydroxyl groups is 1. The van der Waals surface area contributed by atoms with Gasteiger partial charge in [-0.15, -0.1) is 0 Å². The molecule has 17 heavy (non-hydrogen) atoms. The summed E-state index contributed by atoms with van der Waals surface area (Å²) >= 11 is 0. The van der Waals surface area contributed by atoms with E-state index in [4.69, 9.17) is 0 Å². The van der Waals surface area contributed by atoms with E-state index in [1.54, 1.807) is 6.92 Å². The molecule has 0 aromatic carbocycles. The van der Waals surface area contributed by atoms with Gasteiger partial charge in [-0.25, -0.2) is 0 Å². The quantitative estimate of drug-likeness (QED) is 0.626. The molecule has 1 aliphatic rings. The fourth-order valence-corrected chi connectivity index (χ4v) is 1.77. The molecular formula is C12H25N3O2. The highest BCUT2D eigenvalue weighted by Crippen LogP contribution is 2.08. The molecule has 0 aliphatic carbocycles. The van der Waals surface area contributed by atoms with E-state index in [0.717, 1.165) is 32.6 Å². The van der Waals surface area contributed by atoms with Crippen LogP contribution in [0.15, 0.2) is 0 Å². The van der Waals surface area contributed by atoms with E-state index in [9.17, 15) is 9.90 Å². The smallest absolute Gasteiger partial charge is 0.234 e. The third kappa shape index (κ3) is 5.02. The van der Waals surface area contributed by atoms with Crippen LogP contribution in [0.25, 0.3) is 0 Å². The molecule has 1 unspecified atom stereocenters. The van der Waals surface area contributed by atoms with Gasteiger partial charge in [0.1, 0.15) is 0 Å². The van der Waals surface area contributed by atoms with Crippen molar-refractivity contribution in [3.63, 3.8) is 0 Å². The Hall–Kier alpha value is -0.650. The molecular weight excluding hydrogens is 218 g/mol. The van der Waals surface area contributed by atoms with Gasteiger partial charge in [0.2, 0.25) is 5.91 Å². The molecule has 3 N–H and O–H groups in total. The molecule has 0 aromatic rings. The Balaban J connectivity index is 2.38. The Morgan fingerprint density at radius 2 is 2.18 bits per heavy atom. The van der Waals surface area contributed by atoms with Gasteiger partial charge in [-0.3, -0.25) is 9.69 Å². The van der Waals surface area contributed by atoms with Crippen LogP contribution >= 0.6 is 0 Å². The van der Waals surface area contributed by atoms with E-state index in [-0.39, 0.29) is 5.91 Å². The van der Waals surface area contributed by atoms with Gasteiger partial charge in [0.05, 0.1) is 18.2 Å². The standard InChI is InChI=1S/C12H25N3O2/c1-10(16)12(2,3)14-11(17)9-15-7-4-5-13-6-8-15/h10,13,16H,4-9H2,1-3H3,(H,14,17). The third-order valence-electron chi connectivity index (χ3n) is 3.31. The van der Waals surface area contributed by atoms with Crippen LogP contribution in [0.1, 0.15) is 27.2 Å². The number of nitrogens with one attached hydrogen (secondary N) is 2. The van der Waals surface area contributed by atoms with E-state index in [1.165, 1.54) is 0 Å². The molecule has 1 amide bonds. The maximum atomic E-state index is 11.9. The van der Waals surface area contributed by atoms with Crippen molar-refractivity contribution < 1.29 is 9.90 Å². The molecule has 5 nitrogen and oxygen atoms in total. The average molecular weight is 243 g/mol. The first-order valence-electron chi connectivity index (χ1n) is 6.34. The van der Waals surface area contributed by atoms with E-state index < -0.39 is 11.6 Å². The Morgan fingerprint density at radius 1 is 1.47 bits per heavy atom. The number of carbonyl (C=O) groups is 1. The lowest BCUT2D eigenvalue weighted by molar-refractivity contribution is -0.125. The van der Waals surface area contributed by atoms with Crippen LogP contribution in [-0.2, 0) is 4.79 Å². The second kappa shape index (κ2) is 6.33. The van der Waals surface area contributed by atoms with Crippen LogP contribution in [0, 0.1) is 0 Å². The van der Waals surface area contributed by atoms with Crippen LogP contribution < -0.4 is 10.6 Å². The van der Waals surface area contributed by atoms with Gasteiger partial charge in [0.25, 0.3) is 0 Å². The molecule has 1 saturated heterocycles. The van der Waals surface area contributed by atoms with Gasteiger partial charge in [-0.05, 0) is 40.3 Å². The van der Waals surface area contributed by atoms with Gasteiger partial charge in [-0.1, -0.05) is 0 Å². The first-order chi connectivity index (χ1) is 7.92. The lowest BCUT2D eigenvalue weighted by Crippen LogP contribution is -2.53. The zero-order chi connectivity index (χ0) is 12.9. The molecule has 0 spiro atoms. The monoisotopic (exact) mass is 243 g/mol. The number of rotatable bonds is 4. The van der Waals surface area contributed by atoms with Crippen LogP contribution in [0.4, 0.5) is 0 Å². The zero-order valence-electron chi connectivity index (χ0n) is 11.1. The van der Waals surface area contributed by atoms with Gasteiger partial charge in [-0.2, -0.15) is 0 Å². The average Bonchev–Trinajstić information content (AvgIpc) is 2.45. The van der Waals surface area contributed by atoms with E-state index in [2.05, 4.69) is 15.5 Å². The van der Waals surface area contributed by atoms with Crippen LogP contribution in [0.2, 0.25) is 0 Å². The van der Waals surface area contributed by atoms with Crippen molar-refractivity contribution in [3.05, 3.63) is 0 Å². The maximum Gasteiger partial charge on any atom is 0.234 e. The third-order valence-corrected chi connectivity index (χ3v) is 3.31. The zero-order valence-corrected chi connectivity index (χ0v) is 11.1. The summed E-state index contributed by atoms with van der Waals surface area (Å²) in [4.78, 5) is 14.0. The fourth-order valence-electron chi connectivity index (χ4n) is 1.77. The Bertz CT molecular complexity index is 246. The second-order valence-electron chi connectivity index (χ2n) is 5.33. The summed E-state index contributed by atoms with van der Waals surface area (Å²) in [5.41, 5.74) is -0.568. The van der Waals surface area contributed by atoms with Gasteiger partial charge < -0.3 is 15.7 Å². The summed E-state index contributed by atoms with van der Waals surface area (Å²) in [6.07, 6.45) is 0.518. The molecule has 0 aromatic heterocycles. The van der Waals surface area contributed by atoms with Crippen molar-refractivity contribution in [2.24, 2.45) is 0 Å². The molecule has 1 aliphatic heterocycles. The van der Waals surface area contributed by atoms with Crippen LogP contribution in [0.5, 0.6) is 0 Å². The minimum atomic E-state index is -0.568. The normalized spacial score (nSPS) is 20.7. The summed E-state index contributed by atoms with van der Waals surface area (Å²) in [5.74, 6) is -0.0159. The first kappa shape index (κ1) is 14.4. The Morgan fingerprint density at radius 3 is 2.82 bits per heavy atom. The molecule has 1 atom stereocenters. The van der Waals surface area contributed by atoms with Crippen molar-refractivity contribution in [2.75, 3.05) is 32.7 Å². The Labute approximate surface area is 104 Å². The van der Waals surface area contributed by atoms with Gasteiger partial charge >= 0.3 is 0 Å². The molecule has 100 valence electrons. The summed E-state index contributed by atoms with van der Waals surface area (Å²) in [6.45, 7) is 9.59. The Kier molecular flexibility index (Phi) is 5.36. The lowest BCUT2D eigenvalue weighted by Gasteiger charge is -2.30. The second-order valence-corrected chi connectivity index (χ2v) is 5.33. The number of aliphatic hydroxyl groups excluding tert-OH is 1. The largest absolute Gasteiger partial charge is 0.391 e. The van der Waals surface area contributed by atoms with Crippen molar-refractivity contribution in [1.29, 1.82) is 0 Å². The van der Waals surface area contributed by atoms with Crippen molar-refractivity contribution in [1.82, 2.24) is 15.5 Å². The summed E-state index contributed by atoms with van der Waals surface area (Å²) < 4.78 is 0. The molecule has 1 fully saturated rings. The molecule has 0 saturated carbocycles. The number of amides is 1. The molecule has 1 rings (SSSR count). The minimum Gasteiger partial charge on any atom is -0.391 e. The van der Waals surface area contributed by atoms with E-state index in [1.807, 2.05) is 13.8 Å². The fraction of sp³-hybridized carbons (Fsp3) is 0.917. The highest BCUT2D eigenvalue weighted by molar-refractivity contribution is 5.78. The van der Waals surface area contributed by atoms with Crippen molar-refractivity contribution in [2.45, 2.75) is 38.8 Å². The van der Waals surface area contributed by atoms with Crippen LogP contribution in [-0.4, -0.2) is 60.3 Å². The summed E-state index contributed by atoms with van der Waals surface area (Å²) in [7, 11) is 0.